The lowest BCUT2D eigenvalue weighted by molar-refractivity contribution is 0.100. The van der Waals surface area contributed by atoms with Gasteiger partial charge >= 0.3 is 0 Å². The largest absolute Gasteiger partial charge is 0.379 e. The number of nitrogens with two attached hydrogens (primary N) is 1. The molecule has 0 bridgehead atoms. The second kappa shape index (κ2) is 6.85. The van der Waals surface area contributed by atoms with E-state index in [1.54, 1.807) is 6.07 Å². The van der Waals surface area contributed by atoms with Gasteiger partial charge in [-0.15, -0.1) is 11.3 Å². The molecule has 1 aliphatic rings. The minimum absolute atomic E-state index is 0.0376. The van der Waals surface area contributed by atoms with Crippen molar-refractivity contribution >= 4 is 38.8 Å². The van der Waals surface area contributed by atoms with Crippen LogP contribution in [0.1, 0.15) is 22.3 Å². The number of nitriles is 1. The second-order valence-electron chi connectivity index (χ2n) is 6.40. The number of nitrogens with zero attached hydrogens (tertiary/aromatic N) is 3. The van der Waals surface area contributed by atoms with Crippen molar-refractivity contribution in [3.8, 4) is 6.07 Å². The van der Waals surface area contributed by atoms with Crippen molar-refractivity contribution in [2.45, 2.75) is 12.5 Å². The summed E-state index contributed by atoms with van der Waals surface area (Å²) in [5.41, 5.74) is 8.19. The van der Waals surface area contributed by atoms with E-state index in [4.69, 9.17) is 11.0 Å². The molecule has 1 aromatic carbocycles. The van der Waals surface area contributed by atoms with E-state index in [1.807, 2.05) is 17.5 Å². The summed E-state index contributed by atoms with van der Waals surface area (Å²) >= 11 is 1.51. The molecule has 6 nitrogen and oxygen atoms in total. The molecule has 1 atom stereocenters. The number of fused-ring (bicyclic) bond motifs is 1. The van der Waals surface area contributed by atoms with Crippen LogP contribution in [0.5, 0.6) is 0 Å². The molecular weight excluding hydrogens is 365 g/mol. The topological polar surface area (TPSA) is 95.0 Å². The van der Waals surface area contributed by atoms with Gasteiger partial charge < -0.3 is 16.0 Å². The number of rotatable bonds is 4. The number of benzene rings is 1. The Morgan fingerprint density at radius 1 is 1.44 bits per heavy atom. The number of aromatic nitrogens is 1. The smallest absolute Gasteiger partial charge is 0.252 e. The standard InChI is InChI=1S/C19H16FN5OS/c20-15-7-13(2-1-11(15)8-21)25-5-3-12(10-25)24-17-14(19(22)26)9-23-16-4-6-27-18(16)17/h1-2,4,6-7,9,12H,3,5,10H2,(H2,22,26)(H,23,24). The summed E-state index contributed by atoms with van der Waals surface area (Å²) in [5.74, 6) is -1.04. The maximum absolute atomic E-state index is 13.9. The lowest BCUT2D eigenvalue weighted by Gasteiger charge is -2.20. The molecule has 4 rings (SSSR count). The number of nitrogens with one attached hydrogen (secondary N) is 1. The Bertz CT molecular complexity index is 1070. The van der Waals surface area contributed by atoms with Crippen LogP contribution in [0.2, 0.25) is 0 Å². The van der Waals surface area contributed by atoms with Gasteiger partial charge in [0.25, 0.3) is 5.91 Å². The molecule has 3 aromatic rings. The summed E-state index contributed by atoms with van der Waals surface area (Å²) in [7, 11) is 0. The van der Waals surface area contributed by atoms with Crippen molar-refractivity contribution in [2.24, 2.45) is 5.73 Å². The number of halogens is 1. The van der Waals surface area contributed by atoms with Gasteiger partial charge in [0.05, 0.1) is 27.0 Å². The Labute approximate surface area is 159 Å². The quantitative estimate of drug-likeness (QED) is 0.724. The lowest BCUT2D eigenvalue weighted by atomic mass is 10.1. The van der Waals surface area contributed by atoms with Crippen LogP contribution in [0.15, 0.2) is 35.8 Å². The molecule has 1 fully saturated rings. The van der Waals surface area contributed by atoms with E-state index >= 15 is 0 Å². The number of thiophene rings is 1. The van der Waals surface area contributed by atoms with Crippen molar-refractivity contribution in [3.63, 3.8) is 0 Å². The van der Waals surface area contributed by atoms with Crippen LogP contribution < -0.4 is 16.0 Å². The van der Waals surface area contributed by atoms with Gasteiger partial charge in [0.1, 0.15) is 11.9 Å². The van der Waals surface area contributed by atoms with Crippen LogP contribution in [0.3, 0.4) is 0 Å². The Kier molecular flexibility index (Phi) is 4.38. The normalized spacial score (nSPS) is 16.4. The Balaban J connectivity index is 1.57. The molecule has 136 valence electrons. The van der Waals surface area contributed by atoms with Crippen molar-refractivity contribution in [1.82, 2.24) is 4.98 Å². The highest BCUT2D eigenvalue weighted by Crippen LogP contribution is 2.32. The third-order valence-corrected chi connectivity index (χ3v) is 5.64. The van der Waals surface area contributed by atoms with Crippen molar-refractivity contribution < 1.29 is 9.18 Å². The number of primary amides is 1. The molecule has 8 heteroatoms. The molecule has 1 amide bonds. The molecule has 2 aromatic heterocycles. The predicted octanol–water partition coefficient (Wildman–Crippen LogP) is 3.10. The summed E-state index contributed by atoms with van der Waals surface area (Å²) in [6.45, 7) is 1.40. The molecule has 0 radical (unpaired) electrons. The van der Waals surface area contributed by atoms with Crippen LogP contribution in [-0.2, 0) is 0 Å². The SMILES string of the molecule is N#Cc1ccc(N2CCC(Nc3c(C(N)=O)cnc4ccsc34)C2)cc1F. The maximum atomic E-state index is 13.9. The molecular formula is C19H16FN5OS. The summed E-state index contributed by atoms with van der Waals surface area (Å²) in [5, 5.41) is 14.2. The highest BCUT2D eigenvalue weighted by atomic mass is 32.1. The molecule has 1 saturated heterocycles. The zero-order valence-electron chi connectivity index (χ0n) is 14.3. The Hall–Kier alpha value is -3.18. The van der Waals surface area contributed by atoms with E-state index in [-0.39, 0.29) is 11.6 Å². The number of hydrogen-bond donors (Lipinski definition) is 2. The summed E-state index contributed by atoms with van der Waals surface area (Å²) in [4.78, 5) is 18.1. The number of carbonyl (C=O) groups excluding carboxylic acids is 1. The zero-order valence-corrected chi connectivity index (χ0v) is 15.1. The fourth-order valence-electron chi connectivity index (χ4n) is 3.35. The maximum Gasteiger partial charge on any atom is 0.252 e. The zero-order chi connectivity index (χ0) is 19.0. The molecule has 1 unspecified atom stereocenters. The number of anilines is 2. The highest BCUT2D eigenvalue weighted by Gasteiger charge is 2.25. The van der Waals surface area contributed by atoms with Crippen LogP contribution in [0.25, 0.3) is 10.2 Å². The molecule has 27 heavy (non-hydrogen) atoms. The van der Waals surface area contributed by atoms with Gasteiger partial charge in [0.15, 0.2) is 0 Å². The minimum Gasteiger partial charge on any atom is -0.379 e. The van der Waals surface area contributed by atoms with E-state index in [0.29, 0.717) is 17.8 Å². The summed E-state index contributed by atoms with van der Waals surface area (Å²) in [6.07, 6.45) is 2.33. The van der Waals surface area contributed by atoms with E-state index in [1.165, 1.54) is 29.7 Å². The second-order valence-corrected chi connectivity index (χ2v) is 7.31. The molecule has 0 aliphatic carbocycles. The number of hydrogen-bond acceptors (Lipinski definition) is 6. The molecule has 0 saturated carbocycles. The first-order valence-corrected chi connectivity index (χ1v) is 9.32. The van der Waals surface area contributed by atoms with Gasteiger partial charge in [-0.2, -0.15) is 5.26 Å². The monoisotopic (exact) mass is 381 g/mol. The third-order valence-electron chi connectivity index (χ3n) is 4.71. The van der Waals surface area contributed by atoms with Crippen LogP contribution in [-0.4, -0.2) is 30.0 Å². The van der Waals surface area contributed by atoms with Gasteiger partial charge in [-0.3, -0.25) is 9.78 Å². The van der Waals surface area contributed by atoms with Gasteiger partial charge in [-0.25, -0.2) is 4.39 Å². The van der Waals surface area contributed by atoms with Gasteiger partial charge in [-0.05, 0) is 36.1 Å². The summed E-state index contributed by atoms with van der Waals surface area (Å²) in [6, 6.07) is 8.44. The van der Waals surface area contributed by atoms with E-state index in [2.05, 4.69) is 15.2 Å². The van der Waals surface area contributed by atoms with Crippen molar-refractivity contribution in [3.05, 3.63) is 52.8 Å². The number of carbonyl (C=O) groups is 1. The third kappa shape index (κ3) is 3.17. The summed E-state index contributed by atoms with van der Waals surface area (Å²) < 4.78 is 14.8. The predicted molar refractivity (Wildman–Crippen MR) is 103 cm³/mol. The molecule has 3 heterocycles. The van der Waals surface area contributed by atoms with E-state index < -0.39 is 11.7 Å². The lowest BCUT2D eigenvalue weighted by Crippen LogP contribution is -2.27. The van der Waals surface area contributed by atoms with Gasteiger partial charge in [0, 0.05) is 31.0 Å². The minimum atomic E-state index is -0.524. The Morgan fingerprint density at radius 2 is 2.30 bits per heavy atom. The number of amides is 1. The average molecular weight is 381 g/mol. The average Bonchev–Trinajstić information content (AvgIpc) is 3.31. The molecule has 3 N–H and O–H groups in total. The molecule has 1 aliphatic heterocycles. The van der Waals surface area contributed by atoms with E-state index in [9.17, 15) is 9.18 Å². The first-order valence-electron chi connectivity index (χ1n) is 8.44. The van der Waals surface area contributed by atoms with Crippen molar-refractivity contribution in [2.75, 3.05) is 23.3 Å². The first-order chi connectivity index (χ1) is 13.1. The van der Waals surface area contributed by atoms with Gasteiger partial charge in [0.2, 0.25) is 0 Å². The first kappa shape index (κ1) is 17.2. The fourth-order valence-corrected chi connectivity index (χ4v) is 4.21. The number of pyridine rings is 1. The van der Waals surface area contributed by atoms with E-state index in [0.717, 1.165) is 28.9 Å². The highest BCUT2D eigenvalue weighted by molar-refractivity contribution is 7.17. The van der Waals surface area contributed by atoms with Crippen LogP contribution in [0.4, 0.5) is 15.8 Å². The van der Waals surface area contributed by atoms with Gasteiger partial charge in [-0.1, -0.05) is 0 Å². The van der Waals surface area contributed by atoms with Crippen molar-refractivity contribution in [1.29, 1.82) is 5.26 Å². The Morgan fingerprint density at radius 3 is 3.04 bits per heavy atom. The van der Waals surface area contributed by atoms with Crippen LogP contribution >= 0.6 is 11.3 Å². The fraction of sp³-hybridized carbons (Fsp3) is 0.211. The molecule has 0 spiro atoms. The van der Waals surface area contributed by atoms with Crippen LogP contribution in [0, 0.1) is 17.1 Å².